The Morgan fingerprint density at radius 1 is 1.07 bits per heavy atom. The molecule has 12 heteroatoms. The average Bonchev–Trinajstić information content (AvgIpc) is 3.73. The third-order valence-electron chi connectivity index (χ3n) is 7.46. The van der Waals surface area contributed by atoms with Gasteiger partial charge in [-0.15, -0.1) is 0 Å². The molecule has 45 heavy (non-hydrogen) atoms. The van der Waals surface area contributed by atoms with Gasteiger partial charge in [0.1, 0.15) is 29.9 Å². The van der Waals surface area contributed by atoms with Crippen LogP contribution in [0, 0.1) is 0 Å². The summed E-state index contributed by atoms with van der Waals surface area (Å²) in [4.78, 5) is 29.9. The van der Waals surface area contributed by atoms with Crippen LogP contribution >= 0.6 is 23.2 Å². The average molecular weight is 656 g/mol. The highest BCUT2D eigenvalue weighted by Gasteiger charge is 2.41. The van der Waals surface area contributed by atoms with E-state index in [4.69, 9.17) is 42.4 Å². The van der Waals surface area contributed by atoms with E-state index in [-0.39, 0.29) is 11.7 Å². The van der Waals surface area contributed by atoms with Crippen molar-refractivity contribution < 1.29 is 19.0 Å². The second-order valence-electron chi connectivity index (χ2n) is 12.5. The number of halogens is 2. The van der Waals surface area contributed by atoms with Gasteiger partial charge in [-0.1, -0.05) is 53.5 Å². The number of hydrogen-bond acceptors (Lipinski definition) is 9. The van der Waals surface area contributed by atoms with Gasteiger partial charge in [0, 0.05) is 57.1 Å². The van der Waals surface area contributed by atoms with E-state index < -0.39 is 5.60 Å². The first-order valence-corrected chi connectivity index (χ1v) is 15.9. The maximum absolute atomic E-state index is 12.3. The van der Waals surface area contributed by atoms with Crippen LogP contribution in [0.1, 0.15) is 51.7 Å². The molecule has 1 N–H and O–H groups in total. The second kappa shape index (κ2) is 14.2. The molecule has 1 amide bonds. The molecule has 240 valence electrons. The number of nitrogens with zero attached hydrogens (tertiary/aromatic N) is 5. The molecular formula is C33H40Cl2N6O4. The Balaban J connectivity index is 1.21. The number of aliphatic imine (C=N–C) groups is 1. The molecule has 2 fully saturated rings. The van der Waals surface area contributed by atoms with Crippen molar-refractivity contribution in [2.45, 2.75) is 58.3 Å². The Morgan fingerprint density at radius 3 is 2.49 bits per heavy atom. The summed E-state index contributed by atoms with van der Waals surface area (Å²) >= 11 is 13.3. The highest BCUT2D eigenvalue weighted by Crippen LogP contribution is 2.43. The maximum atomic E-state index is 12.3. The molecule has 1 aliphatic heterocycles. The highest BCUT2D eigenvalue weighted by molar-refractivity contribution is 6.36. The van der Waals surface area contributed by atoms with Gasteiger partial charge in [0.05, 0.1) is 10.0 Å². The molecule has 1 aliphatic carbocycles. The van der Waals surface area contributed by atoms with Crippen LogP contribution in [0.15, 0.2) is 53.8 Å². The highest BCUT2D eigenvalue weighted by atomic mass is 35.5. The number of ether oxygens (including phenoxy) is 3. The van der Waals surface area contributed by atoms with Gasteiger partial charge in [0.15, 0.2) is 11.5 Å². The van der Waals surface area contributed by atoms with E-state index in [9.17, 15) is 4.79 Å². The lowest BCUT2D eigenvalue weighted by molar-refractivity contribution is 0.0137. The standard InChI is InChI=1S/C33H40Cl2N6O4/c1-32(2,3)45-31(42)41-14-12-40(13-15-41)16-17-43-27-19-25(34)24(18-26(27)35)21-36-28-29(37-20-23-8-6-5-7-9-23)38-22-39-30(28)44-33(4)10-11-33/h5-9,18-19,21-22H,10-17,20H2,1-4H3,(H,37,38,39)/b36-21+. The Hall–Kier alpha value is -3.60. The lowest BCUT2D eigenvalue weighted by Crippen LogP contribution is -2.50. The largest absolute Gasteiger partial charge is 0.491 e. The number of aromatic nitrogens is 2. The first kappa shape index (κ1) is 32.8. The molecule has 1 saturated heterocycles. The van der Waals surface area contributed by atoms with E-state index in [1.165, 1.54) is 6.33 Å². The Bertz CT molecular complexity index is 1500. The molecule has 0 atom stereocenters. The summed E-state index contributed by atoms with van der Waals surface area (Å²) in [6, 6.07) is 13.5. The van der Waals surface area contributed by atoms with E-state index in [0.29, 0.717) is 71.5 Å². The number of nitrogens with one attached hydrogen (secondary N) is 1. The Labute approximate surface area is 274 Å². The summed E-state index contributed by atoms with van der Waals surface area (Å²) < 4.78 is 17.7. The number of piperazine rings is 1. The molecule has 2 heterocycles. The predicted molar refractivity (Wildman–Crippen MR) is 178 cm³/mol. The Morgan fingerprint density at radius 2 is 1.80 bits per heavy atom. The number of carbonyl (C=O) groups is 1. The van der Waals surface area contributed by atoms with Crippen molar-refractivity contribution in [3.8, 4) is 11.6 Å². The van der Waals surface area contributed by atoms with Crippen molar-refractivity contribution in [1.29, 1.82) is 0 Å². The van der Waals surface area contributed by atoms with Gasteiger partial charge in [0.2, 0.25) is 5.88 Å². The number of carbonyl (C=O) groups excluding carboxylic acids is 1. The van der Waals surface area contributed by atoms with Gasteiger partial charge >= 0.3 is 6.09 Å². The third-order valence-corrected chi connectivity index (χ3v) is 8.08. The van der Waals surface area contributed by atoms with E-state index in [0.717, 1.165) is 31.5 Å². The van der Waals surface area contributed by atoms with Crippen molar-refractivity contribution in [2.75, 3.05) is 44.6 Å². The summed E-state index contributed by atoms with van der Waals surface area (Å²) in [5, 5.41) is 4.22. The molecule has 3 aromatic rings. The molecule has 1 saturated carbocycles. The van der Waals surface area contributed by atoms with Crippen molar-refractivity contribution in [1.82, 2.24) is 19.8 Å². The van der Waals surface area contributed by atoms with Gasteiger partial charge in [-0.3, -0.25) is 4.90 Å². The van der Waals surface area contributed by atoms with Crippen molar-refractivity contribution >= 4 is 47.0 Å². The molecule has 0 unspecified atom stereocenters. The van der Waals surface area contributed by atoms with Gasteiger partial charge in [-0.25, -0.2) is 14.8 Å². The minimum Gasteiger partial charge on any atom is -0.491 e. The Kier molecular flexibility index (Phi) is 10.4. The zero-order chi connectivity index (χ0) is 32.0. The van der Waals surface area contributed by atoms with Crippen molar-refractivity contribution in [3.05, 3.63) is 70.0 Å². The van der Waals surface area contributed by atoms with Crippen LogP contribution in [0.4, 0.5) is 16.3 Å². The van der Waals surface area contributed by atoms with E-state index in [2.05, 4.69) is 27.1 Å². The fourth-order valence-corrected chi connectivity index (χ4v) is 5.06. The molecule has 0 bridgehead atoms. The van der Waals surface area contributed by atoms with Crippen LogP contribution < -0.4 is 14.8 Å². The van der Waals surface area contributed by atoms with E-state index >= 15 is 0 Å². The van der Waals surface area contributed by atoms with Crippen LogP contribution in [-0.2, 0) is 11.3 Å². The van der Waals surface area contributed by atoms with Gasteiger partial charge in [0.25, 0.3) is 0 Å². The van der Waals surface area contributed by atoms with Gasteiger partial charge in [-0.2, -0.15) is 4.98 Å². The smallest absolute Gasteiger partial charge is 0.410 e. The van der Waals surface area contributed by atoms with Crippen LogP contribution in [0.5, 0.6) is 11.6 Å². The van der Waals surface area contributed by atoms with Gasteiger partial charge < -0.3 is 24.4 Å². The number of anilines is 1. The summed E-state index contributed by atoms with van der Waals surface area (Å²) in [6.45, 7) is 12.0. The lowest BCUT2D eigenvalue weighted by Gasteiger charge is -2.35. The number of hydrogen-bond donors (Lipinski definition) is 1. The monoisotopic (exact) mass is 654 g/mol. The molecule has 2 aromatic carbocycles. The summed E-state index contributed by atoms with van der Waals surface area (Å²) in [5.41, 5.74) is 1.46. The molecule has 10 nitrogen and oxygen atoms in total. The number of benzene rings is 2. The second-order valence-corrected chi connectivity index (χ2v) is 13.3. The molecule has 2 aliphatic rings. The third kappa shape index (κ3) is 9.45. The topological polar surface area (TPSA) is 101 Å². The first-order chi connectivity index (χ1) is 21.5. The van der Waals surface area contributed by atoms with Crippen LogP contribution in [-0.4, -0.2) is 82.6 Å². The molecule has 0 radical (unpaired) electrons. The zero-order valence-corrected chi connectivity index (χ0v) is 27.7. The lowest BCUT2D eigenvalue weighted by atomic mass is 10.2. The van der Waals surface area contributed by atoms with E-state index in [1.54, 1.807) is 23.2 Å². The fourth-order valence-electron chi connectivity index (χ4n) is 4.63. The summed E-state index contributed by atoms with van der Waals surface area (Å²) in [6.07, 6.45) is 4.75. The normalized spacial score (nSPS) is 16.4. The van der Waals surface area contributed by atoms with Crippen LogP contribution in [0.2, 0.25) is 10.0 Å². The van der Waals surface area contributed by atoms with Crippen LogP contribution in [0.25, 0.3) is 0 Å². The summed E-state index contributed by atoms with van der Waals surface area (Å²) in [5.74, 6) is 1.45. The quantitative estimate of drug-likeness (QED) is 0.220. The number of amides is 1. The summed E-state index contributed by atoms with van der Waals surface area (Å²) in [7, 11) is 0. The minimum atomic E-state index is -0.505. The maximum Gasteiger partial charge on any atom is 0.410 e. The molecule has 0 spiro atoms. The molecule has 1 aromatic heterocycles. The van der Waals surface area contributed by atoms with Crippen molar-refractivity contribution in [3.63, 3.8) is 0 Å². The van der Waals surface area contributed by atoms with Crippen LogP contribution in [0.3, 0.4) is 0 Å². The van der Waals surface area contributed by atoms with E-state index in [1.807, 2.05) is 51.1 Å². The number of rotatable bonds is 11. The van der Waals surface area contributed by atoms with Crippen molar-refractivity contribution in [2.24, 2.45) is 4.99 Å². The fraction of sp³-hybridized carbons (Fsp3) is 0.455. The first-order valence-electron chi connectivity index (χ1n) is 15.2. The predicted octanol–water partition coefficient (Wildman–Crippen LogP) is 7.01. The molecule has 5 rings (SSSR count). The molecular weight excluding hydrogens is 615 g/mol. The zero-order valence-electron chi connectivity index (χ0n) is 26.2. The minimum absolute atomic E-state index is 0.249. The SMILES string of the molecule is CC(C)(C)OC(=O)N1CCN(CCOc2cc(Cl)c(/C=N/c3c(NCc4ccccc4)ncnc3OC3(C)CC3)cc2Cl)CC1. The van der Waals surface area contributed by atoms with Gasteiger partial charge in [-0.05, 0) is 52.2 Å².